The number of benzene rings is 1. The van der Waals surface area contributed by atoms with Crippen LogP contribution in [0.5, 0.6) is 0 Å². The third-order valence-electron chi connectivity index (χ3n) is 3.89. The van der Waals surface area contributed by atoms with Crippen LogP contribution in [0.25, 0.3) is 11.1 Å². The number of pyridine rings is 1. The number of hydrogen-bond donors (Lipinski definition) is 1. The average Bonchev–Trinajstić information content (AvgIpc) is 2.49. The second-order valence-electron chi connectivity index (χ2n) is 5.65. The molecule has 0 spiro atoms. The van der Waals surface area contributed by atoms with E-state index in [0.717, 1.165) is 19.2 Å². The molecule has 1 unspecified atom stereocenters. The van der Waals surface area contributed by atoms with Crippen molar-refractivity contribution in [2.24, 2.45) is 7.05 Å². The Hall–Kier alpha value is -1.86. The first-order chi connectivity index (χ1) is 11.6. The van der Waals surface area contributed by atoms with Gasteiger partial charge < -0.3 is 9.67 Å². The molecule has 0 saturated carbocycles. The molecule has 2 aromatic rings. The molecule has 0 aliphatic carbocycles. The lowest BCUT2D eigenvalue weighted by molar-refractivity contribution is -0.143. The number of rotatable bonds is 4. The molecule has 3 nitrogen and oxygen atoms in total. The molecule has 1 heterocycles. The molecule has 0 amide bonds. The lowest BCUT2D eigenvalue weighted by atomic mass is 9.98. The topological polar surface area (TPSA) is 42.2 Å². The highest BCUT2D eigenvalue weighted by molar-refractivity contribution is 6.31. The van der Waals surface area contributed by atoms with Crippen molar-refractivity contribution in [3.8, 4) is 11.1 Å². The molecule has 136 valence electrons. The number of alkyl halides is 3. The Balaban J connectivity index is 2.65. The van der Waals surface area contributed by atoms with Gasteiger partial charge in [-0.2, -0.15) is 13.2 Å². The van der Waals surface area contributed by atoms with Gasteiger partial charge in [0.05, 0.1) is 11.7 Å². The van der Waals surface area contributed by atoms with E-state index >= 15 is 0 Å². The highest BCUT2D eigenvalue weighted by Crippen LogP contribution is 2.33. The van der Waals surface area contributed by atoms with Crippen molar-refractivity contribution in [1.29, 1.82) is 0 Å². The van der Waals surface area contributed by atoms with Crippen LogP contribution >= 0.6 is 11.6 Å². The van der Waals surface area contributed by atoms with Crippen molar-refractivity contribution in [2.75, 3.05) is 0 Å². The molecule has 25 heavy (non-hydrogen) atoms. The van der Waals surface area contributed by atoms with Crippen molar-refractivity contribution in [1.82, 2.24) is 4.57 Å². The summed E-state index contributed by atoms with van der Waals surface area (Å²) in [5.41, 5.74) is -2.35. The Morgan fingerprint density at radius 1 is 1.24 bits per heavy atom. The number of halogens is 5. The van der Waals surface area contributed by atoms with Gasteiger partial charge >= 0.3 is 6.18 Å². The highest BCUT2D eigenvalue weighted by atomic mass is 35.5. The molecule has 1 atom stereocenters. The fourth-order valence-electron chi connectivity index (χ4n) is 2.58. The first kappa shape index (κ1) is 19.5. The summed E-state index contributed by atoms with van der Waals surface area (Å²) in [6.45, 7) is 1.84. The number of aliphatic hydroxyl groups is 1. The zero-order chi connectivity index (χ0) is 18.9. The number of hydrogen-bond acceptors (Lipinski definition) is 2. The molecule has 2 rings (SSSR count). The van der Waals surface area contributed by atoms with E-state index < -0.39 is 29.4 Å². The Labute approximate surface area is 146 Å². The number of aliphatic hydroxyl groups excluding tert-OH is 1. The fraction of sp³-hybridized carbons (Fsp3) is 0.353. The SMILES string of the molecule is CCCC(O)c1cc(-c2ccc(C(F)(F)F)n(C)c2=O)c(F)cc1Cl. The molecule has 0 fully saturated rings. The second-order valence-corrected chi connectivity index (χ2v) is 6.06. The maximum absolute atomic E-state index is 14.3. The average molecular weight is 378 g/mol. The summed E-state index contributed by atoms with van der Waals surface area (Å²) in [4.78, 5) is 12.3. The molecule has 0 radical (unpaired) electrons. The Morgan fingerprint density at radius 3 is 2.44 bits per heavy atom. The molecule has 0 aliphatic heterocycles. The van der Waals surface area contributed by atoms with Gasteiger partial charge in [0.2, 0.25) is 0 Å². The van der Waals surface area contributed by atoms with Gasteiger partial charge in [0.25, 0.3) is 5.56 Å². The minimum absolute atomic E-state index is 0.00839. The molecule has 0 saturated heterocycles. The summed E-state index contributed by atoms with van der Waals surface area (Å²) < 4.78 is 53.3. The summed E-state index contributed by atoms with van der Waals surface area (Å²) in [5.74, 6) is -0.852. The van der Waals surface area contributed by atoms with Crippen molar-refractivity contribution in [3.05, 3.63) is 56.7 Å². The normalized spacial score (nSPS) is 13.1. The highest BCUT2D eigenvalue weighted by Gasteiger charge is 2.34. The zero-order valence-electron chi connectivity index (χ0n) is 13.5. The quantitative estimate of drug-likeness (QED) is 0.785. The van der Waals surface area contributed by atoms with Crippen LogP contribution in [0.3, 0.4) is 0 Å². The van der Waals surface area contributed by atoms with Crippen molar-refractivity contribution >= 4 is 11.6 Å². The molecule has 0 aliphatic rings. The van der Waals surface area contributed by atoms with Crippen LogP contribution in [0, 0.1) is 5.82 Å². The maximum atomic E-state index is 14.3. The minimum Gasteiger partial charge on any atom is -0.388 e. The van der Waals surface area contributed by atoms with Crippen LogP contribution < -0.4 is 5.56 Å². The van der Waals surface area contributed by atoms with Gasteiger partial charge in [-0.05, 0) is 36.2 Å². The van der Waals surface area contributed by atoms with Gasteiger partial charge in [-0.15, -0.1) is 0 Å². The third kappa shape index (κ3) is 3.88. The summed E-state index contributed by atoms with van der Waals surface area (Å²) in [7, 11) is 0.968. The Kier molecular flexibility index (Phi) is 5.58. The summed E-state index contributed by atoms with van der Waals surface area (Å²) in [5, 5.41) is 10.1. The van der Waals surface area contributed by atoms with Crippen LogP contribution in [0.1, 0.15) is 37.1 Å². The minimum atomic E-state index is -4.70. The van der Waals surface area contributed by atoms with Gasteiger partial charge in [-0.3, -0.25) is 4.79 Å². The van der Waals surface area contributed by atoms with Gasteiger partial charge in [0.1, 0.15) is 11.5 Å². The summed E-state index contributed by atoms with van der Waals surface area (Å²) in [6, 6.07) is 3.80. The van der Waals surface area contributed by atoms with Crippen LogP contribution in [0.15, 0.2) is 29.1 Å². The number of nitrogens with zero attached hydrogens (tertiary/aromatic N) is 1. The Morgan fingerprint density at radius 2 is 1.88 bits per heavy atom. The van der Waals surface area contributed by atoms with E-state index in [4.69, 9.17) is 11.6 Å². The molecule has 1 aromatic carbocycles. The first-order valence-corrected chi connectivity index (χ1v) is 7.90. The van der Waals surface area contributed by atoms with Crippen LogP contribution in [0.4, 0.5) is 17.6 Å². The summed E-state index contributed by atoms with van der Waals surface area (Å²) >= 11 is 5.94. The van der Waals surface area contributed by atoms with E-state index in [1.807, 2.05) is 6.92 Å². The Bertz CT molecular complexity index is 846. The molecular formula is C17H16ClF4NO2. The molecule has 1 aromatic heterocycles. The smallest absolute Gasteiger partial charge is 0.388 e. The maximum Gasteiger partial charge on any atom is 0.431 e. The van der Waals surface area contributed by atoms with Crippen LogP contribution in [-0.4, -0.2) is 9.67 Å². The van der Waals surface area contributed by atoms with Crippen LogP contribution in [-0.2, 0) is 13.2 Å². The van der Waals surface area contributed by atoms with E-state index in [9.17, 15) is 27.5 Å². The van der Waals surface area contributed by atoms with Crippen LogP contribution in [0.2, 0.25) is 5.02 Å². The van der Waals surface area contributed by atoms with E-state index in [0.29, 0.717) is 23.5 Å². The van der Waals surface area contributed by atoms with Gasteiger partial charge in [-0.25, -0.2) is 4.39 Å². The molecule has 1 N–H and O–H groups in total. The van der Waals surface area contributed by atoms with E-state index in [1.165, 1.54) is 6.07 Å². The van der Waals surface area contributed by atoms with Gasteiger partial charge in [0, 0.05) is 17.6 Å². The molecule has 8 heteroatoms. The van der Waals surface area contributed by atoms with E-state index in [2.05, 4.69) is 0 Å². The van der Waals surface area contributed by atoms with Crippen molar-refractivity contribution in [2.45, 2.75) is 32.0 Å². The zero-order valence-corrected chi connectivity index (χ0v) is 14.2. The fourth-order valence-corrected chi connectivity index (χ4v) is 2.86. The first-order valence-electron chi connectivity index (χ1n) is 7.52. The van der Waals surface area contributed by atoms with Crippen molar-refractivity contribution < 1.29 is 22.7 Å². The largest absolute Gasteiger partial charge is 0.431 e. The van der Waals surface area contributed by atoms with E-state index in [1.54, 1.807) is 0 Å². The molecular weight excluding hydrogens is 362 g/mol. The lowest BCUT2D eigenvalue weighted by Gasteiger charge is -2.16. The lowest BCUT2D eigenvalue weighted by Crippen LogP contribution is -2.26. The predicted octanol–water partition coefficient (Wildman–Crippen LogP) is 4.70. The second kappa shape index (κ2) is 7.17. The predicted molar refractivity (Wildman–Crippen MR) is 87.0 cm³/mol. The standard InChI is InChI=1S/C17H16ClF4NO2/c1-3-4-14(24)11-7-10(13(19)8-12(11)18)9-5-6-15(17(20,21)22)23(2)16(9)25/h5-8,14,24H,3-4H2,1-2H3. The van der Waals surface area contributed by atoms with Crippen molar-refractivity contribution in [3.63, 3.8) is 0 Å². The third-order valence-corrected chi connectivity index (χ3v) is 4.22. The van der Waals surface area contributed by atoms with Gasteiger partial charge in [-0.1, -0.05) is 24.9 Å². The number of aromatic nitrogens is 1. The van der Waals surface area contributed by atoms with Gasteiger partial charge in [0.15, 0.2) is 0 Å². The molecule has 0 bridgehead atoms. The van der Waals surface area contributed by atoms with E-state index in [-0.39, 0.29) is 21.7 Å². The summed E-state index contributed by atoms with van der Waals surface area (Å²) in [6.07, 6.45) is -4.65. The monoisotopic (exact) mass is 377 g/mol.